The zero-order valence-corrected chi connectivity index (χ0v) is 13.9. The number of aryl methyl sites for hydroxylation is 3. The highest BCUT2D eigenvalue weighted by molar-refractivity contribution is 5.25. The molecule has 2 aromatic heterocycles. The molecule has 0 unspecified atom stereocenters. The molecule has 0 N–H and O–H groups in total. The Balaban J connectivity index is 1.75. The number of benzene rings is 1. The SMILES string of the molecule is CCn1nc(COc2cccc(F)c2)nc1Cc1c(C)noc1C. The summed E-state index contributed by atoms with van der Waals surface area (Å²) in [6.07, 6.45) is 0.599. The molecule has 0 amide bonds. The normalized spacial score (nSPS) is 11.0. The monoisotopic (exact) mass is 330 g/mol. The molecule has 0 spiro atoms. The molecule has 0 aliphatic rings. The van der Waals surface area contributed by atoms with Crippen LogP contribution in [0.2, 0.25) is 0 Å². The molecule has 0 atom stereocenters. The number of halogens is 1. The van der Waals surface area contributed by atoms with Crippen LogP contribution >= 0.6 is 0 Å². The van der Waals surface area contributed by atoms with E-state index in [0.717, 1.165) is 22.8 Å². The van der Waals surface area contributed by atoms with E-state index in [-0.39, 0.29) is 12.4 Å². The first-order chi connectivity index (χ1) is 11.6. The molecule has 0 bridgehead atoms. The average molecular weight is 330 g/mol. The van der Waals surface area contributed by atoms with E-state index >= 15 is 0 Å². The molecule has 7 heteroatoms. The minimum Gasteiger partial charge on any atom is -0.485 e. The third-order valence-corrected chi connectivity index (χ3v) is 3.77. The summed E-state index contributed by atoms with van der Waals surface area (Å²) in [5.74, 6) is 2.29. The van der Waals surface area contributed by atoms with Crippen LogP contribution in [0.3, 0.4) is 0 Å². The van der Waals surface area contributed by atoms with Crippen LogP contribution in [0.5, 0.6) is 5.75 Å². The molecular formula is C17H19FN4O2. The molecule has 24 heavy (non-hydrogen) atoms. The first-order valence-corrected chi connectivity index (χ1v) is 7.79. The summed E-state index contributed by atoms with van der Waals surface area (Å²) >= 11 is 0. The number of rotatable bonds is 6. The van der Waals surface area contributed by atoms with Crippen LogP contribution in [0, 0.1) is 19.7 Å². The van der Waals surface area contributed by atoms with Crippen molar-refractivity contribution in [3.05, 3.63) is 58.7 Å². The van der Waals surface area contributed by atoms with E-state index in [1.165, 1.54) is 12.1 Å². The molecule has 0 aliphatic heterocycles. The average Bonchev–Trinajstić information content (AvgIpc) is 3.11. The van der Waals surface area contributed by atoms with Crippen LogP contribution in [-0.2, 0) is 19.6 Å². The topological polar surface area (TPSA) is 66.0 Å². The molecule has 0 aliphatic carbocycles. The second-order valence-corrected chi connectivity index (χ2v) is 5.49. The van der Waals surface area contributed by atoms with Crippen molar-refractivity contribution in [1.29, 1.82) is 0 Å². The summed E-state index contributed by atoms with van der Waals surface area (Å²) in [5, 5.41) is 8.41. The van der Waals surface area contributed by atoms with Crippen molar-refractivity contribution < 1.29 is 13.7 Å². The Morgan fingerprint density at radius 3 is 2.79 bits per heavy atom. The lowest BCUT2D eigenvalue weighted by Gasteiger charge is -2.02. The van der Waals surface area contributed by atoms with Crippen LogP contribution < -0.4 is 4.74 Å². The molecule has 0 radical (unpaired) electrons. The van der Waals surface area contributed by atoms with Crippen molar-refractivity contribution >= 4 is 0 Å². The van der Waals surface area contributed by atoms with Crippen LogP contribution in [0.25, 0.3) is 0 Å². The zero-order valence-electron chi connectivity index (χ0n) is 13.9. The molecule has 3 rings (SSSR count). The fraction of sp³-hybridized carbons (Fsp3) is 0.353. The fourth-order valence-electron chi connectivity index (χ4n) is 2.49. The van der Waals surface area contributed by atoms with Gasteiger partial charge in [0.15, 0.2) is 5.82 Å². The summed E-state index contributed by atoms with van der Waals surface area (Å²) < 4.78 is 25.8. The minimum absolute atomic E-state index is 0.186. The Morgan fingerprint density at radius 1 is 1.29 bits per heavy atom. The van der Waals surface area contributed by atoms with Gasteiger partial charge in [0.05, 0.1) is 5.69 Å². The van der Waals surface area contributed by atoms with Gasteiger partial charge in [-0.2, -0.15) is 5.10 Å². The number of ether oxygens (including phenoxy) is 1. The third kappa shape index (κ3) is 3.45. The summed E-state index contributed by atoms with van der Waals surface area (Å²) in [4.78, 5) is 4.54. The zero-order chi connectivity index (χ0) is 17.1. The smallest absolute Gasteiger partial charge is 0.188 e. The summed E-state index contributed by atoms with van der Waals surface area (Å²) in [6.45, 7) is 6.68. The van der Waals surface area contributed by atoms with Gasteiger partial charge in [-0.05, 0) is 32.9 Å². The molecule has 0 saturated carbocycles. The van der Waals surface area contributed by atoms with E-state index in [0.29, 0.717) is 24.5 Å². The maximum Gasteiger partial charge on any atom is 0.188 e. The third-order valence-electron chi connectivity index (χ3n) is 3.77. The highest BCUT2D eigenvalue weighted by atomic mass is 19.1. The molecule has 0 saturated heterocycles. The van der Waals surface area contributed by atoms with Gasteiger partial charge in [0.2, 0.25) is 0 Å². The predicted octanol–water partition coefficient (Wildman–Crippen LogP) is 3.21. The van der Waals surface area contributed by atoms with Gasteiger partial charge in [-0.1, -0.05) is 11.2 Å². The van der Waals surface area contributed by atoms with Crippen LogP contribution in [0.4, 0.5) is 4.39 Å². The molecule has 6 nitrogen and oxygen atoms in total. The Labute approximate surface area is 139 Å². The minimum atomic E-state index is -0.335. The predicted molar refractivity (Wildman–Crippen MR) is 85.2 cm³/mol. The lowest BCUT2D eigenvalue weighted by molar-refractivity contribution is 0.293. The molecule has 3 aromatic rings. The van der Waals surface area contributed by atoms with E-state index in [2.05, 4.69) is 15.2 Å². The maximum atomic E-state index is 13.2. The lowest BCUT2D eigenvalue weighted by Crippen LogP contribution is -2.05. The highest BCUT2D eigenvalue weighted by Crippen LogP contribution is 2.17. The summed E-state index contributed by atoms with van der Waals surface area (Å²) in [5.41, 5.74) is 1.88. The van der Waals surface area contributed by atoms with Gasteiger partial charge in [-0.25, -0.2) is 14.1 Å². The van der Waals surface area contributed by atoms with Crippen LogP contribution in [0.15, 0.2) is 28.8 Å². The Kier molecular flexibility index (Phi) is 4.59. The van der Waals surface area contributed by atoms with Gasteiger partial charge in [-0.3, -0.25) is 0 Å². The first kappa shape index (κ1) is 16.2. The number of hydrogen-bond acceptors (Lipinski definition) is 5. The Bertz CT molecular complexity index is 821. The second kappa shape index (κ2) is 6.82. The van der Waals surface area contributed by atoms with Gasteiger partial charge < -0.3 is 9.26 Å². The van der Waals surface area contributed by atoms with E-state index in [9.17, 15) is 4.39 Å². The van der Waals surface area contributed by atoms with Crippen molar-refractivity contribution in [3.8, 4) is 5.75 Å². The summed E-state index contributed by atoms with van der Waals surface area (Å²) in [7, 11) is 0. The quantitative estimate of drug-likeness (QED) is 0.694. The number of hydrogen-bond donors (Lipinski definition) is 0. The van der Waals surface area contributed by atoms with Gasteiger partial charge in [0.25, 0.3) is 0 Å². The number of nitrogens with zero attached hydrogens (tertiary/aromatic N) is 4. The van der Waals surface area contributed by atoms with Crippen molar-refractivity contribution in [2.24, 2.45) is 0 Å². The molecule has 1 aromatic carbocycles. The van der Waals surface area contributed by atoms with E-state index in [4.69, 9.17) is 9.26 Å². The largest absolute Gasteiger partial charge is 0.485 e. The number of aromatic nitrogens is 4. The molecule has 2 heterocycles. The van der Waals surface area contributed by atoms with Crippen molar-refractivity contribution in [2.75, 3.05) is 0 Å². The standard InChI is InChI=1S/C17H19FN4O2/c1-4-22-17(9-15-11(2)21-24-12(15)3)19-16(20-22)10-23-14-7-5-6-13(18)8-14/h5-8H,4,9-10H2,1-3H3. The molecular weight excluding hydrogens is 311 g/mol. The maximum absolute atomic E-state index is 13.2. The fourth-order valence-corrected chi connectivity index (χ4v) is 2.49. The van der Waals surface area contributed by atoms with Crippen LogP contribution in [-0.4, -0.2) is 19.9 Å². The van der Waals surface area contributed by atoms with E-state index in [1.807, 2.05) is 25.5 Å². The van der Waals surface area contributed by atoms with Crippen LogP contribution in [0.1, 0.15) is 35.6 Å². The Hall–Kier alpha value is -2.70. The lowest BCUT2D eigenvalue weighted by atomic mass is 10.1. The molecule has 0 fully saturated rings. The van der Waals surface area contributed by atoms with E-state index in [1.54, 1.807) is 12.1 Å². The van der Waals surface area contributed by atoms with Gasteiger partial charge >= 0.3 is 0 Å². The van der Waals surface area contributed by atoms with Gasteiger partial charge in [0.1, 0.15) is 29.8 Å². The first-order valence-electron chi connectivity index (χ1n) is 7.79. The highest BCUT2D eigenvalue weighted by Gasteiger charge is 2.15. The van der Waals surface area contributed by atoms with Gasteiger partial charge in [0, 0.05) is 24.6 Å². The Morgan fingerprint density at radius 2 is 2.12 bits per heavy atom. The second-order valence-electron chi connectivity index (χ2n) is 5.49. The van der Waals surface area contributed by atoms with Crippen molar-refractivity contribution in [3.63, 3.8) is 0 Å². The van der Waals surface area contributed by atoms with Crippen molar-refractivity contribution in [2.45, 2.75) is 40.3 Å². The van der Waals surface area contributed by atoms with Crippen molar-refractivity contribution in [1.82, 2.24) is 19.9 Å². The van der Waals surface area contributed by atoms with Gasteiger partial charge in [-0.15, -0.1) is 0 Å². The molecule has 126 valence electrons. The summed E-state index contributed by atoms with van der Waals surface area (Å²) in [6, 6.07) is 6.01. The van der Waals surface area contributed by atoms with E-state index < -0.39 is 0 Å².